The van der Waals surface area contributed by atoms with Crippen LogP contribution in [0.5, 0.6) is 0 Å². The van der Waals surface area contributed by atoms with Gasteiger partial charge in [-0.2, -0.15) is 0 Å². The minimum absolute atomic E-state index is 0.116. The molecule has 1 rings (SSSR count). The van der Waals surface area contributed by atoms with Crippen LogP contribution in [0.3, 0.4) is 0 Å². The zero-order valence-corrected chi connectivity index (χ0v) is 11.2. The van der Waals surface area contributed by atoms with Crippen molar-refractivity contribution in [3.63, 3.8) is 0 Å². The smallest absolute Gasteiger partial charge is 0.325 e. The van der Waals surface area contributed by atoms with E-state index in [9.17, 15) is 9.90 Å². The SMILES string of the molecule is CCC(C)NC(C(=O)O)c1ccc(Cl)c(Cl)c1. The highest BCUT2D eigenvalue weighted by molar-refractivity contribution is 6.42. The molecule has 3 nitrogen and oxygen atoms in total. The van der Waals surface area contributed by atoms with Crippen molar-refractivity contribution in [2.24, 2.45) is 0 Å². The molecule has 2 unspecified atom stereocenters. The Labute approximate surface area is 111 Å². The number of nitrogens with one attached hydrogen (secondary N) is 1. The lowest BCUT2D eigenvalue weighted by molar-refractivity contribution is -0.139. The molecule has 0 radical (unpaired) electrons. The summed E-state index contributed by atoms with van der Waals surface area (Å²) in [6.45, 7) is 3.93. The summed E-state index contributed by atoms with van der Waals surface area (Å²) in [7, 11) is 0. The van der Waals surface area contributed by atoms with Crippen LogP contribution < -0.4 is 5.32 Å². The summed E-state index contributed by atoms with van der Waals surface area (Å²) in [5.74, 6) is -0.927. The molecule has 0 aromatic heterocycles. The largest absolute Gasteiger partial charge is 0.480 e. The number of carboxylic acids is 1. The molecular weight excluding hydrogens is 261 g/mol. The van der Waals surface area contributed by atoms with Crippen molar-refractivity contribution < 1.29 is 9.90 Å². The van der Waals surface area contributed by atoms with Crippen LogP contribution in [0.1, 0.15) is 31.9 Å². The second kappa shape index (κ2) is 6.24. The van der Waals surface area contributed by atoms with E-state index in [2.05, 4.69) is 5.32 Å². The van der Waals surface area contributed by atoms with Crippen molar-refractivity contribution in [1.82, 2.24) is 5.32 Å². The third-order valence-electron chi connectivity index (χ3n) is 2.59. The molecule has 0 saturated heterocycles. The predicted molar refractivity (Wildman–Crippen MR) is 69.7 cm³/mol. The number of hydrogen-bond acceptors (Lipinski definition) is 2. The molecule has 17 heavy (non-hydrogen) atoms. The van der Waals surface area contributed by atoms with Crippen LogP contribution in [0.4, 0.5) is 0 Å². The zero-order valence-electron chi connectivity index (χ0n) is 9.71. The topological polar surface area (TPSA) is 49.3 Å². The quantitative estimate of drug-likeness (QED) is 0.865. The van der Waals surface area contributed by atoms with Crippen LogP contribution >= 0.6 is 23.2 Å². The predicted octanol–water partition coefficient (Wildman–Crippen LogP) is 3.51. The molecule has 0 saturated carbocycles. The molecule has 0 spiro atoms. The van der Waals surface area contributed by atoms with E-state index in [1.54, 1.807) is 18.2 Å². The second-order valence-corrected chi connectivity index (χ2v) is 4.74. The summed E-state index contributed by atoms with van der Waals surface area (Å²) >= 11 is 11.7. The normalized spacial score (nSPS) is 14.4. The van der Waals surface area contributed by atoms with Crippen LogP contribution in [0.25, 0.3) is 0 Å². The summed E-state index contributed by atoms with van der Waals surface area (Å²) in [6, 6.07) is 4.21. The Bertz CT molecular complexity index is 409. The monoisotopic (exact) mass is 275 g/mol. The van der Waals surface area contributed by atoms with Crippen LogP contribution in [0.2, 0.25) is 10.0 Å². The van der Waals surface area contributed by atoms with Gasteiger partial charge in [0.15, 0.2) is 0 Å². The molecule has 0 aliphatic rings. The number of carbonyl (C=O) groups is 1. The fraction of sp³-hybridized carbons (Fsp3) is 0.417. The Balaban J connectivity index is 2.97. The first-order valence-electron chi connectivity index (χ1n) is 5.39. The van der Waals surface area contributed by atoms with E-state index in [1.807, 2.05) is 13.8 Å². The Kier molecular flexibility index (Phi) is 5.25. The first kappa shape index (κ1) is 14.3. The van der Waals surface area contributed by atoms with E-state index in [4.69, 9.17) is 23.2 Å². The highest BCUT2D eigenvalue weighted by Gasteiger charge is 2.21. The van der Waals surface area contributed by atoms with Crippen LogP contribution in [0.15, 0.2) is 18.2 Å². The van der Waals surface area contributed by atoms with Gasteiger partial charge in [0.1, 0.15) is 6.04 Å². The van der Waals surface area contributed by atoms with Gasteiger partial charge in [-0.05, 0) is 31.0 Å². The summed E-state index contributed by atoms with van der Waals surface area (Å²) in [5, 5.41) is 13.0. The summed E-state index contributed by atoms with van der Waals surface area (Å²) in [5.41, 5.74) is 0.604. The standard InChI is InChI=1S/C12H15Cl2NO2/c1-3-7(2)15-11(12(16)17)8-4-5-9(13)10(14)6-8/h4-7,11,15H,3H2,1-2H3,(H,16,17). The Morgan fingerprint density at radius 2 is 2.06 bits per heavy atom. The summed E-state index contributed by atoms with van der Waals surface area (Å²) < 4.78 is 0. The van der Waals surface area contributed by atoms with E-state index in [0.29, 0.717) is 15.6 Å². The van der Waals surface area contributed by atoms with Gasteiger partial charge in [0.05, 0.1) is 10.0 Å². The molecule has 0 fully saturated rings. The number of halogens is 2. The summed E-state index contributed by atoms with van der Waals surface area (Å²) in [6.07, 6.45) is 0.852. The molecule has 2 atom stereocenters. The molecule has 0 aliphatic carbocycles. The minimum Gasteiger partial charge on any atom is -0.480 e. The fourth-order valence-corrected chi connectivity index (χ4v) is 1.71. The van der Waals surface area contributed by atoms with E-state index in [-0.39, 0.29) is 6.04 Å². The molecule has 2 N–H and O–H groups in total. The van der Waals surface area contributed by atoms with Gasteiger partial charge in [-0.25, -0.2) is 0 Å². The molecular formula is C12H15Cl2NO2. The van der Waals surface area contributed by atoms with Crippen LogP contribution in [-0.4, -0.2) is 17.1 Å². The Morgan fingerprint density at radius 1 is 1.41 bits per heavy atom. The van der Waals surface area contributed by atoms with Crippen molar-refractivity contribution in [3.8, 4) is 0 Å². The van der Waals surface area contributed by atoms with Crippen molar-refractivity contribution in [2.75, 3.05) is 0 Å². The van der Waals surface area contributed by atoms with Crippen LogP contribution in [0, 0.1) is 0 Å². The lowest BCUT2D eigenvalue weighted by Gasteiger charge is -2.19. The van der Waals surface area contributed by atoms with Gasteiger partial charge in [0.2, 0.25) is 0 Å². The lowest BCUT2D eigenvalue weighted by Crippen LogP contribution is -2.34. The average molecular weight is 276 g/mol. The number of aliphatic carboxylic acids is 1. The van der Waals surface area contributed by atoms with E-state index >= 15 is 0 Å². The van der Waals surface area contributed by atoms with E-state index in [1.165, 1.54) is 0 Å². The van der Waals surface area contributed by atoms with Gasteiger partial charge in [0.25, 0.3) is 0 Å². The maximum Gasteiger partial charge on any atom is 0.325 e. The summed E-state index contributed by atoms with van der Waals surface area (Å²) in [4.78, 5) is 11.2. The minimum atomic E-state index is -0.927. The zero-order chi connectivity index (χ0) is 13.0. The number of rotatable bonds is 5. The highest BCUT2D eigenvalue weighted by atomic mass is 35.5. The first-order valence-corrected chi connectivity index (χ1v) is 6.15. The van der Waals surface area contributed by atoms with Gasteiger partial charge in [0, 0.05) is 6.04 Å². The van der Waals surface area contributed by atoms with Crippen molar-refractivity contribution in [3.05, 3.63) is 33.8 Å². The second-order valence-electron chi connectivity index (χ2n) is 3.92. The van der Waals surface area contributed by atoms with Gasteiger partial charge >= 0.3 is 5.97 Å². The van der Waals surface area contributed by atoms with Gasteiger partial charge in [-0.3, -0.25) is 10.1 Å². The molecule has 0 aliphatic heterocycles. The molecule has 0 bridgehead atoms. The number of hydrogen-bond donors (Lipinski definition) is 2. The van der Waals surface area contributed by atoms with Crippen molar-refractivity contribution >= 4 is 29.2 Å². The number of carboxylic acid groups (broad SMARTS) is 1. The first-order chi connectivity index (χ1) is 7.95. The maximum atomic E-state index is 11.2. The lowest BCUT2D eigenvalue weighted by atomic mass is 10.1. The molecule has 1 aromatic rings. The Hall–Kier alpha value is -0.770. The average Bonchev–Trinajstić information content (AvgIpc) is 2.29. The molecule has 0 heterocycles. The third kappa shape index (κ3) is 3.87. The molecule has 0 amide bonds. The fourth-order valence-electron chi connectivity index (χ4n) is 1.40. The maximum absolute atomic E-state index is 11.2. The molecule has 1 aromatic carbocycles. The highest BCUT2D eigenvalue weighted by Crippen LogP contribution is 2.26. The van der Waals surface area contributed by atoms with Gasteiger partial charge in [-0.1, -0.05) is 36.2 Å². The van der Waals surface area contributed by atoms with E-state index in [0.717, 1.165) is 6.42 Å². The van der Waals surface area contributed by atoms with Crippen molar-refractivity contribution in [1.29, 1.82) is 0 Å². The van der Waals surface area contributed by atoms with Crippen molar-refractivity contribution in [2.45, 2.75) is 32.4 Å². The van der Waals surface area contributed by atoms with E-state index < -0.39 is 12.0 Å². The Morgan fingerprint density at radius 3 is 2.53 bits per heavy atom. The third-order valence-corrected chi connectivity index (χ3v) is 3.33. The van der Waals surface area contributed by atoms with Gasteiger partial charge < -0.3 is 5.11 Å². The number of benzene rings is 1. The van der Waals surface area contributed by atoms with Gasteiger partial charge in [-0.15, -0.1) is 0 Å². The van der Waals surface area contributed by atoms with Crippen LogP contribution in [-0.2, 0) is 4.79 Å². The molecule has 5 heteroatoms. The molecule has 94 valence electrons.